The van der Waals surface area contributed by atoms with Crippen molar-refractivity contribution < 1.29 is 0 Å². The fourth-order valence-corrected chi connectivity index (χ4v) is 1.41. The predicted octanol–water partition coefficient (Wildman–Crippen LogP) is 4.44. The second kappa shape index (κ2) is 6.28. The van der Waals surface area contributed by atoms with E-state index in [1.54, 1.807) is 24.3 Å². The fourth-order valence-electron chi connectivity index (χ4n) is 1.41. The second-order valence-corrected chi connectivity index (χ2v) is 3.70. The summed E-state index contributed by atoms with van der Waals surface area (Å²) in [7, 11) is 0. The molecule has 0 aliphatic rings. The summed E-state index contributed by atoms with van der Waals surface area (Å²) in [4.78, 5) is 0. The van der Waals surface area contributed by atoms with E-state index in [-0.39, 0.29) is 6.15 Å². The van der Waals surface area contributed by atoms with Crippen molar-refractivity contribution in [3.8, 4) is 6.07 Å². The molecule has 0 amide bonds. The Bertz CT molecular complexity index is 579. The zero-order chi connectivity index (χ0) is 12.1. The van der Waals surface area contributed by atoms with Gasteiger partial charge in [0.05, 0.1) is 23.0 Å². The Morgan fingerprint density at radius 2 is 1.61 bits per heavy atom. The van der Waals surface area contributed by atoms with Crippen molar-refractivity contribution in [2.24, 2.45) is 10.2 Å². The monoisotopic (exact) mass is 238 g/mol. The van der Waals surface area contributed by atoms with Crippen LogP contribution in [-0.2, 0) is 0 Å². The molecule has 2 aromatic carbocycles. The maximum absolute atomic E-state index is 8.66. The van der Waals surface area contributed by atoms with E-state index >= 15 is 0 Å². The summed E-state index contributed by atoms with van der Waals surface area (Å²) >= 11 is 0. The van der Waals surface area contributed by atoms with E-state index in [0.717, 1.165) is 16.9 Å². The standard InChI is InChI=1S/C14H11N3.H3N/c1-11-3-2-4-14(9-11)17-16-13-7-5-12(10-15)6-8-13;/h2-9H,1H3;1H3. The number of azo groups is 1. The van der Waals surface area contributed by atoms with Crippen LogP contribution in [0.3, 0.4) is 0 Å². The maximum atomic E-state index is 8.66. The van der Waals surface area contributed by atoms with Crippen LogP contribution in [0.5, 0.6) is 0 Å². The van der Waals surface area contributed by atoms with Gasteiger partial charge in [-0.15, -0.1) is 0 Å². The van der Waals surface area contributed by atoms with E-state index in [1.807, 2.05) is 31.2 Å². The number of nitrogens with zero attached hydrogens (tertiary/aromatic N) is 3. The van der Waals surface area contributed by atoms with Gasteiger partial charge < -0.3 is 6.15 Å². The Morgan fingerprint density at radius 1 is 0.944 bits per heavy atom. The summed E-state index contributed by atoms with van der Waals surface area (Å²) in [6.45, 7) is 2.01. The van der Waals surface area contributed by atoms with E-state index in [9.17, 15) is 0 Å². The fraction of sp³-hybridized carbons (Fsp3) is 0.0714. The molecule has 2 rings (SSSR count). The molecule has 0 radical (unpaired) electrons. The van der Waals surface area contributed by atoms with E-state index in [1.165, 1.54) is 0 Å². The normalized spacial score (nSPS) is 9.78. The van der Waals surface area contributed by atoms with Crippen molar-refractivity contribution in [3.05, 3.63) is 59.7 Å². The smallest absolute Gasteiger partial charge is 0.0991 e. The van der Waals surface area contributed by atoms with Crippen LogP contribution in [0, 0.1) is 18.3 Å². The highest BCUT2D eigenvalue weighted by Gasteiger charge is 1.92. The van der Waals surface area contributed by atoms with Gasteiger partial charge in [-0.2, -0.15) is 15.5 Å². The van der Waals surface area contributed by atoms with Gasteiger partial charge in [0.1, 0.15) is 0 Å². The van der Waals surface area contributed by atoms with Crippen molar-refractivity contribution in [2.45, 2.75) is 6.92 Å². The minimum Gasteiger partial charge on any atom is -0.344 e. The van der Waals surface area contributed by atoms with Gasteiger partial charge in [0, 0.05) is 0 Å². The first kappa shape index (κ1) is 13.6. The van der Waals surface area contributed by atoms with Gasteiger partial charge in [0.25, 0.3) is 0 Å². The van der Waals surface area contributed by atoms with Gasteiger partial charge in [-0.05, 0) is 48.9 Å². The molecule has 4 heteroatoms. The third-order valence-corrected chi connectivity index (χ3v) is 2.28. The van der Waals surface area contributed by atoms with Gasteiger partial charge in [-0.3, -0.25) is 0 Å². The minimum atomic E-state index is 0. The molecular weight excluding hydrogens is 224 g/mol. The molecule has 0 spiro atoms. The van der Waals surface area contributed by atoms with Crippen molar-refractivity contribution >= 4 is 11.4 Å². The third kappa shape index (κ3) is 3.51. The SMILES string of the molecule is Cc1cccc(N=Nc2ccc(C#N)cc2)c1.N. The Balaban J connectivity index is 0.00000162. The molecule has 0 aliphatic carbocycles. The number of aryl methyl sites for hydroxylation is 1. The van der Waals surface area contributed by atoms with Crippen LogP contribution in [0.25, 0.3) is 0 Å². The summed E-state index contributed by atoms with van der Waals surface area (Å²) in [6.07, 6.45) is 0. The largest absolute Gasteiger partial charge is 0.344 e. The van der Waals surface area contributed by atoms with Crippen LogP contribution in [-0.4, -0.2) is 0 Å². The topological polar surface area (TPSA) is 83.5 Å². The molecule has 0 aromatic heterocycles. The zero-order valence-corrected chi connectivity index (χ0v) is 10.2. The second-order valence-electron chi connectivity index (χ2n) is 3.70. The van der Waals surface area contributed by atoms with Crippen molar-refractivity contribution in [3.63, 3.8) is 0 Å². The average Bonchev–Trinajstić information content (AvgIpc) is 2.37. The summed E-state index contributed by atoms with van der Waals surface area (Å²) in [5, 5.41) is 16.9. The highest BCUT2D eigenvalue weighted by molar-refractivity contribution is 5.44. The number of nitriles is 1. The van der Waals surface area contributed by atoms with E-state index in [2.05, 4.69) is 16.3 Å². The van der Waals surface area contributed by atoms with Crippen LogP contribution in [0.4, 0.5) is 11.4 Å². The molecule has 2 aromatic rings. The zero-order valence-electron chi connectivity index (χ0n) is 10.2. The lowest BCUT2D eigenvalue weighted by Crippen LogP contribution is -1.71. The predicted molar refractivity (Wildman–Crippen MR) is 71.5 cm³/mol. The molecule has 0 saturated heterocycles. The van der Waals surface area contributed by atoms with E-state index in [0.29, 0.717) is 5.56 Å². The summed E-state index contributed by atoms with van der Waals surface area (Å²) < 4.78 is 0. The first-order valence-corrected chi connectivity index (χ1v) is 5.26. The molecule has 18 heavy (non-hydrogen) atoms. The Morgan fingerprint density at radius 3 is 2.22 bits per heavy atom. The van der Waals surface area contributed by atoms with Crippen LogP contribution in [0.2, 0.25) is 0 Å². The first-order chi connectivity index (χ1) is 8.28. The summed E-state index contributed by atoms with van der Waals surface area (Å²) in [5.41, 5.74) is 3.35. The number of hydrogen-bond acceptors (Lipinski definition) is 4. The van der Waals surface area contributed by atoms with Crippen LogP contribution < -0.4 is 6.15 Å². The molecule has 0 unspecified atom stereocenters. The highest BCUT2D eigenvalue weighted by Crippen LogP contribution is 2.19. The lowest BCUT2D eigenvalue weighted by molar-refractivity contribution is 1.22. The van der Waals surface area contributed by atoms with Crippen molar-refractivity contribution in [2.75, 3.05) is 0 Å². The van der Waals surface area contributed by atoms with Crippen molar-refractivity contribution in [1.82, 2.24) is 6.15 Å². The lowest BCUT2D eigenvalue weighted by atomic mass is 10.2. The summed E-state index contributed by atoms with van der Waals surface area (Å²) in [6, 6.07) is 16.9. The number of hydrogen-bond donors (Lipinski definition) is 1. The van der Waals surface area contributed by atoms with Gasteiger partial charge in [-0.25, -0.2) is 0 Å². The third-order valence-electron chi connectivity index (χ3n) is 2.28. The molecular formula is C14H14N4. The van der Waals surface area contributed by atoms with Gasteiger partial charge >= 0.3 is 0 Å². The van der Waals surface area contributed by atoms with Crippen LogP contribution in [0.15, 0.2) is 58.8 Å². The molecule has 0 atom stereocenters. The number of benzene rings is 2. The Labute approximate surface area is 106 Å². The lowest BCUT2D eigenvalue weighted by Gasteiger charge is -1.95. The molecule has 0 aliphatic heterocycles. The molecule has 90 valence electrons. The van der Waals surface area contributed by atoms with Gasteiger partial charge in [0.15, 0.2) is 0 Å². The minimum absolute atomic E-state index is 0. The quantitative estimate of drug-likeness (QED) is 0.784. The molecule has 0 bridgehead atoms. The molecule has 3 N–H and O–H groups in total. The van der Waals surface area contributed by atoms with E-state index in [4.69, 9.17) is 5.26 Å². The van der Waals surface area contributed by atoms with E-state index < -0.39 is 0 Å². The first-order valence-electron chi connectivity index (χ1n) is 5.26. The molecule has 0 fully saturated rings. The molecule has 4 nitrogen and oxygen atoms in total. The Kier molecular flexibility index (Phi) is 4.73. The van der Waals surface area contributed by atoms with Gasteiger partial charge in [-0.1, -0.05) is 12.1 Å². The molecule has 0 heterocycles. The Hall–Kier alpha value is -2.51. The van der Waals surface area contributed by atoms with Crippen LogP contribution >= 0.6 is 0 Å². The van der Waals surface area contributed by atoms with Gasteiger partial charge in [0.2, 0.25) is 0 Å². The van der Waals surface area contributed by atoms with Crippen molar-refractivity contribution in [1.29, 1.82) is 5.26 Å². The highest BCUT2D eigenvalue weighted by atomic mass is 15.1. The maximum Gasteiger partial charge on any atom is 0.0991 e. The average molecular weight is 238 g/mol. The summed E-state index contributed by atoms with van der Waals surface area (Å²) in [5.74, 6) is 0. The number of rotatable bonds is 2. The van der Waals surface area contributed by atoms with Crippen LogP contribution in [0.1, 0.15) is 11.1 Å². The molecule has 0 saturated carbocycles.